The molecule has 2 heterocycles. The first-order chi connectivity index (χ1) is 12.2. The minimum atomic E-state index is 0.0665. The zero-order chi connectivity index (χ0) is 17.6. The van der Waals surface area contributed by atoms with Crippen molar-refractivity contribution in [2.24, 2.45) is 0 Å². The Labute approximate surface area is 155 Å². The lowest BCUT2D eigenvalue weighted by atomic mass is 10.1. The molecule has 6 heteroatoms. The molecule has 3 rings (SSSR count). The second kappa shape index (κ2) is 8.65. The van der Waals surface area contributed by atoms with Crippen LogP contribution in [0.15, 0.2) is 46.3 Å². The van der Waals surface area contributed by atoms with Crippen LogP contribution in [-0.4, -0.2) is 29.0 Å². The first-order valence-corrected chi connectivity index (χ1v) is 10.2. The first kappa shape index (κ1) is 18.2. The van der Waals surface area contributed by atoms with Gasteiger partial charge in [0.1, 0.15) is 4.83 Å². The van der Waals surface area contributed by atoms with Crippen molar-refractivity contribution >= 4 is 33.3 Å². The van der Waals surface area contributed by atoms with Gasteiger partial charge in [-0.1, -0.05) is 49.0 Å². The molecule has 0 bridgehead atoms. The van der Waals surface area contributed by atoms with Crippen LogP contribution in [0.3, 0.4) is 0 Å². The van der Waals surface area contributed by atoms with E-state index in [0.29, 0.717) is 13.2 Å². The van der Waals surface area contributed by atoms with Gasteiger partial charge in [0, 0.05) is 24.3 Å². The van der Waals surface area contributed by atoms with E-state index in [1.165, 1.54) is 10.4 Å². The molecule has 0 saturated carbocycles. The summed E-state index contributed by atoms with van der Waals surface area (Å²) in [6.07, 6.45) is 1.74. The fourth-order valence-corrected chi connectivity index (χ4v) is 4.56. The summed E-state index contributed by atoms with van der Waals surface area (Å²) in [4.78, 5) is 19.8. The summed E-state index contributed by atoms with van der Waals surface area (Å²) < 4.78 is 6.96. The molecule has 0 aliphatic carbocycles. The molecule has 0 spiro atoms. The Kier molecular flexibility index (Phi) is 6.29. The van der Waals surface area contributed by atoms with Gasteiger partial charge in [-0.25, -0.2) is 4.98 Å². The number of aryl methyl sites for hydroxylation is 2. The van der Waals surface area contributed by atoms with E-state index >= 15 is 0 Å². The second-order valence-electron chi connectivity index (χ2n) is 5.71. The van der Waals surface area contributed by atoms with E-state index < -0.39 is 0 Å². The first-order valence-electron chi connectivity index (χ1n) is 8.41. The monoisotopic (exact) mass is 374 g/mol. The molecule has 0 aliphatic rings. The Morgan fingerprint density at radius 1 is 1.28 bits per heavy atom. The average molecular weight is 375 g/mol. The Morgan fingerprint density at radius 3 is 2.80 bits per heavy atom. The number of methoxy groups -OCH3 is 1. The quantitative estimate of drug-likeness (QED) is 0.340. The summed E-state index contributed by atoms with van der Waals surface area (Å²) >= 11 is 3.21. The van der Waals surface area contributed by atoms with E-state index in [1.807, 2.05) is 28.8 Å². The Morgan fingerprint density at radius 2 is 2.08 bits per heavy atom. The smallest absolute Gasteiger partial charge is 0.262 e. The molecule has 132 valence electrons. The summed E-state index contributed by atoms with van der Waals surface area (Å²) in [5.74, 6) is 0.784. The van der Waals surface area contributed by atoms with Gasteiger partial charge in [-0.05, 0) is 24.5 Å². The molecular weight excluding hydrogens is 352 g/mol. The van der Waals surface area contributed by atoms with Crippen LogP contribution in [0.5, 0.6) is 0 Å². The third-order valence-corrected chi connectivity index (χ3v) is 6.12. The largest absolute Gasteiger partial charge is 0.384 e. The van der Waals surface area contributed by atoms with Crippen LogP contribution in [0.2, 0.25) is 0 Å². The highest BCUT2D eigenvalue weighted by molar-refractivity contribution is 7.99. The maximum absolute atomic E-state index is 13.0. The summed E-state index contributed by atoms with van der Waals surface area (Å²) in [6.45, 7) is 3.38. The van der Waals surface area contributed by atoms with E-state index in [1.54, 1.807) is 30.2 Å². The SMILES string of the molecule is CCc1cc2c(=O)n(CCc3ccccc3)c(SCCOC)nc2s1. The van der Waals surface area contributed by atoms with Crippen LogP contribution in [0.1, 0.15) is 17.4 Å². The Bertz CT molecular complexity index is 888. The van der Waals surface area contributed by atoms with Crippen LogP contribution >= 0.6 is 23.1 Å². The molecule has 2 aromatic heterocycles. The van der Waals surface area contributed by atoms with Gasteiger partial charge in [0.15, 0.2) is 5.16 Å². The molecule has 0 radical (unpaired) electrons. The Balaban J connectivity index is 1.95. The summed E-state index contributed by atoms with van der Waals surface area (Å²) in [6, 6.07) is 12.2. The lowest BCUT2D eigenvalue weighted by Crippen LogP contribution is -2.24. The highest BCUT2D eigenvalue weighted by atomic mass is 32.2. The second-order valence-corrected chi connectivity index (χ2v) is 7.89. The normalized spacial score (nSPS) is 11.3. The number of aromatic nitrogens is 2. The predicted molar refractivity (Wildman–Crippen MR) is 106 cm³/mol. The molecule has 25 heavy (non-hydrogen) atoms. The highest BCUT2D eigenvalue weighted by Crippen LogP contribution is 2.25. The zero-order valence-corrected chi connectivity index (χ0v) is 16.2. The highest BCUT2D eigenvalue weighted by Gasteiger charge is 2.14. The molecule has 1 aromatic carbocycles. The molecule has 4 nitrogen and oxygen atoms in total. The molecule has 0 aliphatic heterocycles. The third kappa shape index (κ3) is 4.32. The van der Waals surface area contributed by atoms with Crippen molar-refractivity contribution < 1.29 is 4.74 Å². The molecule has 0 saturated heterocycles. The number of nitrogens with zero attached hydrogens (tertiary/aromatic N) is 2. The number of hydrogen-bond acceptors (Lipinski definition) is 5. The summed E-state index contributed by atoms with van der Waals surface area (Å²) in [5.41, 5.74) is 1.29. The number of ether oxygens (including phenoxy) is 1. The van der Waals surface area contributed by atoms with Gasteiger partial charge in [-0.3, -0.25) is 9.36 Å². The van der Waals surface area contributed by atoms with Gasteiger partial charge in [-0.2, -0.15) is 0 Å². The van der Waals surface area contributed by atoms with Crippen LogP contribution in [0.25, 0.3) is 10.2 Å². The number of benzene rings is 1. The number of thioether (sulfide) groups is 1. The van der Waals surface area contributed by atoms with Crippen molar-refractivity contribution in [1.29, 1.82) is 0 Å². The van der Waals surface area contributed by atoms with Gasteiger partial charge >= 0.3 is 0 Å². The van der Waals surface area contributed by atoms with Crippen molar-refractivity contribution in [2.75, 3.05) is 19.5 Å². The molecule has 3 aromatic rings. The topological polar surface area (TPSA) is 44.1 Å². The van der Waals surface area contributed by atoms with Crippen molar-refractivity contribution in [2.45, 2.75) is 31.5 Å². The van der Waals surface area contributed by atoms with Crippen molar-refractivity contribution in [3.63, 3.8) is 0 Å². The lowest BCUT2D eigenvalue weighted by molar-refractivity contribution is 0.218. The average Bonchev–Trinajstić information content (AvgIpc) is 3.06. The molecular formula is C19H22N2O2S2. The molecule has 0 amide bonds. The van der Waals surface area contributed by atoms with E-state index in [-0.39, 0.29) is 5.56 Å². The van der Waals surface area contributed by atoms with E-state index in [2.05, 4.69) is 19.1 Å². The molecule has 0 atom stereocenters. The van der Waals surface area contributed by atoms with Crippen LogP contribution < -0.4 is 5.56 Å². The van der Waals surface area contributed by atoms with Crippen molar-refractivity contribution in [1.82, 2.24) is 9.55 Å². The maximum atomic E-state index is 13.0. The Hall–Kier alpha value is -1.63. The summed E-state index contributed by atoms with van der Waals surface area (Å²) in [7, 11) is 1.69. The third-order valence-electron chi connectivity index (χ3n) is 4.00. The van der Waals surface area contributed by atoms with E-state index in [4.69, 9.17) is 9.72 Å². The number of thiophene rings is 1. The number of rotatable bonds is 8. The van der Waals surface area contributed by atoms with E-state index in [9.17, 15) is 4.79 Å². The minimum absolute atomic E-state index is 0.0665. The van der Waals surface area contributed by atoms with Crippen LogP contribution in [0.4, 0.5) is 0 Å². The number of fused-ring (bicyclic) bond motifs is 1. The number of hydrogen-bond donors (Lipinski definition) is 0. The lowest BCUT2D eigenvalue weighted by Gasteiger charge is -2.12. The zero-order valence-electron chi connectivity index (χ0n) is 14.5. The van der Waals surface area contributed by atoms with E-state index in [0.717, 1.165) is 34.0 Å². The van der Waals surface area contributed by atoms with Gasteiger partial charge in [0.25, 0.3) is 5.56 Å². The van der Waals surface area contributed by atoms with Gasteiger partial charge < -0.3 is 4.74 Å². The van der Waals surface area contributed by atoms with Crippen LogP contribution in [-0.2, 0) is 24.1 Å². The molecule has 0 unspecified atom stereocenters. The van der Waals surface area contributed by atoms with Gasteiger partial charge in [-0.15, -0.1) is 11.3 Å². The maximum Gasteiger partial charge on any atom is 0.262 e. The van der Waals surface area contributed by atoms with Crippen molar-refractivity contribution in [3.8, 4) is 0 Å². The summed E-state index contributed by atoms with van der Waals surface area (Å²) in [5, 5.41) is 1.53. The fourth-order valence-electron chi connectivity index (χ4n) is 2.63. The van der Waals surface area contributed by atoms with Crippen LogP contribution in [0, 0.1) is 0 Å². The molecule has 0 N–H and O–H groups in total. The van der Waals surface area contributed by atoms with Gasteiger partial charge in [0.2, 0.25) is 0 Å². The predicted octanol–water partition coefficient (Wildman–Crippen LogP) is 4.00. The standard InChI is InChI=1S/C19H22N2O2S2/c1-3-15-13-16-17(25-15)20-19(24-12-11-23-2)21(18(16)22)10-9-14-7-5-4-6-8-14/h4-8,13H,3,9-12H2,1-2H3. The fraction of sp³-hybridized carbons (Fsp3) is 0.368. The van der Waals surface area contributed by atoms with Crippen molar-refractivity contribution in [3.05, 3.63) is 57.2 Å². The minimum Gasteiger partial charge on any atom is -0.384 e. The van der Waals surface area contributed by atoms with Gasteiger partial charge in [0.05, 0.1) is 12.0 Å². The molecule has 0 fully saturated rings.